The third-order valence-electron chi connectivity index (χ3n) is 4.09. The minimum atomic E-state index is -0.179. The molecule has 1 atom stereocenters. The highest BCUT2D eigenvalue weighted by Crippen LogP contribution is 2.26. The lowest BCUT2D eigenvalue weighted by atomic mass is 10.0. The molecule has 0 saturated carbocycles. The molecule has 2 amide bonds. The molecule has 2 aromatic rings. The van der Waals surface area contributed by atoms with Gasteiger partial charge >= 0.3 is 0 Å². The van der Waals surface area contributed by atoms with Crippen LogP contribution in [0.3, 0.4) is 0 Å². The van der Waals surface area contributed by atoms with Crippen molar-refractivity contribution in [2.75, 3.05) is 11.9 Å². The third-order valence-corrected chi connectivity index (χ3v) is 4.62. The predicted molar refractivity (Wildman–Crippen MR) is 99.6 cm³/mol. The summed E-state index contributed by atoms with van der Waals surface area (Å²) in [5, 5.41) is 5.74. The zero-order valence-electron chi connectivity index (χ0n) is 13.8. The summed E-state index contributed by atoms with van der Waals surface area (Å²) in [5.41, 5.74) is 2.87. The molecule has 130 valence electrons. The van der Waals surface area contributed by atoms with Crippen molar-refractivity contribution in [1.82, 2.24) is 5.32 Å². The van der Waals surface area contributed by atoms with Gasteiger partial charge in [0.15, 0.2) is 6.61 Å². The second kappa shape index (κ2) is 7.70. The van der Waals surface area contributed by atoms with Crippen molar-refractivity contribution in [1.29, 1.82) is 0 Å². The Kier molecular flexibility index (Phi) is 5.38. The van der Waals surface area contributed by atoms with Crippen LogP contribution in [0.4, 0.5) is 5.69 Å². The SMILES string of the molecule is CC(NC(=O)COc1ccc2c(c1)CCC(=O)N2)c1ccc(Br)cc1. The van der Waals surface area contributed by atoms with Gasteiger partial charge in [-0.2, -0.15) is 0 Å². The van der Waals surface area contributed by atoms with Gasteiger partial charge in [0.1, 0.15) is 5.75 Å². The molecule has 3 rings (SSSR count). The quantitative estimate of drug-likeness (QED) is 0.802. The number of benzene rings is 2. The van der Waals surface area contributed by atoms with E-state index in [0.29, 0.717) is 18.6 Å². The molecule has 2 N–H and O–H groups in total. The zero-order valence-corrected chi connectivity index (χ0v) is 15.4. The van der Waals surface area contributed by atoms with E-state index in [-0.39, 0.29) is 24.5 Å². The topological polar surface area (TPSA) is 67.4 Å². The molecular weight excluding hydrogens is 384 g/mol. The van der Waals surface area contributed by atoms with Crippen LogP contribution in [-0.4, -0.2) is 18.4 Å². The van der Waals surface area contributed by atoms with Crippen molar-refractivity contribution >= 4 is 33.4 Å². The van der Waals surface area contributed by atoms with Crippen molar-refractivity contribution < 1.29 is 14.3 Å². The van der Waals surface area contributed by atoms with Crippen LogP contribution in [0.25, 0.3) is 0 Å². The Morgan fingerprint density at radius 2 is 2.00 bits per heavy atom. The summed E-state index contributed by atoms with van der Waals surface area (Å²) in [6, 6.07) is 13.2. The van der Waals surface area contributed by atoms with E-state index in [4.69, 9.17) is 4.74 Å². The molecule has 1 heterocycles. The van der Waals surface area contributed by atoms with Crippen LogP contribution in [0.15, 0.2) is 46.9 Å². The highest BCUT2D eigenvalue weighted by molar-refractivity contribution is 9.10. The first-order valence-corrected chi connectivity index (χ1v) is 8.91. The Morgan fingerprint density at radius 1 is 1.24 bits per heavy atom. The van der Waals surface area contributed by atoms with Crippen LogP contribution >= 0.6 is 15.9 Å². The van der Waals surface area contributed by atoms with Crippen molar-refractivity contribution in [2.45, 2.75) is 25.8 Å². The average Bonchev–Trinajstić information content (AvgIpc) is 2.60. The van der Waals surface area contributed by atoms with Gasteiger partial charge in [0.25, 0.3) is 5.91 Å². The number of fused-ring (bicyclic) bond motifs is 1. The maximum Gasteiger partial charge on any atom is 0.258 e. The minimum Gasteiger partial charge on any atom is -0.484 e. The van der Waals surface area contributed by atoms with Gasteiger partial charge in [-0.05, 0) is 54.8 Å². The lowest BCUT2D eigenvalue weighted by Gasteiger charge is -2.18. The third kappa shape index (κ3) is 4.60. The maximum atomic E-state index is 12.1. The van der Waals surface area contributed by atoms with Crippen LogP contribution in [0.5, 0.6) is 5.75 Å². The van der Waals surface area contributed by atoms with Crippen molar-refractivity contribution in [3.8, 4) is 5.75 Å². The number of rotatable bonds is 5. The Hall–Kier alpha value is -2.34. The van der Waals surface area contributed by atoms with Gasteiger partial charge in [0.05, 0.1) is 6.04 Å². The van der Waals surface area contributed by atoms with Crippen LogP contribution < -0.4 is 15.4 Å². The summed E-state index contributed by atoms with van der Waals surface area (Å²) in [6.45, 7) is 1.88. The number of carbonyl (C=O) groups excluding carboxylic acids is 2. The first-order valence-electron chi connectivity index (χ1n) is 8.11. The van der Waals surface area contributed by atoms with Gasteiger partial charge in [-0.15, -0.1) is 0 Å². The average molecular weight is 403 g/mol. The van der Waals surface area contributed by atoms with Crippen LogP contribution in [0.1, 0.15) is 30.5 Å². The molecule has 2 aromatic carbocycles. The van der Waals surface area contributed by atoms with Gasteiger partial charge in [0.2, 0.25) is 5.91 Å². The highest BCUT2D eigenvalue weighted by atomic mass is 79.9. The number of carbonyl (C=O) groups is 2. The fourth-order valence-electron chi connectivity index (χ4n) is 2.72. The second-order valence-electron chi connectivity index (χ2n) is 6.00. The lowest BCUT2D eigenvalue weighted by Crippen LogP contribution is -2.31. The lowest BCUT2D eigenvalue weighted by molar-refractivity contribution is -0.123. The number of amides is 2. The molecule has 0 radical (unpaired) electrons. The number of hydrogen-bond donors (Lipinski definition) is 2. The van der Waals surface area contributed by atoms with Crippen molar-refractivity contribution in [3.05, 3.63) is 58.1 Å². The second-order valence-corrected chi connectivity index (χ2v) is 6.91. The molecular formula is C19H19BrN2O3. The molecule has 0 aromatic heterocycles. The molecule has 1 aliphatic rings. The number of halogens is 1. The Bertz CT molecular complexity index is 790. The summed E-state index contributed by atoms with van der Waals surface area (Å²) in [5.74, 6) is 0.477. The van der Waals surface area contributed by atoms with E-state index >= 15 is 0 Å². The standard InChI is InChI=1S/C19H19BrN2O3/c1-12(13-2-5-15(20)6-3-13)21-19(24)11-25-16-7-8-17-14(10-16)4-9-18(23)22-17/h2-3,5-8,10,12H,4,9,11H2,1H3,(H,21,24)(H,22,23). The van der Waals surface area contributed by atoms with E-state index in [1.54, 1.807) is 6.07 Å². The molecule has 5 nitrogen and oxygen atoms in total. The summed E-state index contributed by atoms with van der Waals surface area (Å²) in [6.07, 6.45) is 1.16. The number of aryl methyl sites for hydroxylation is 1. The van der Waals surface area contributed by atoms with Gasteiger partial charge in [-0.25, -0.2) is 0 Å². The molecule has 1 aliphatic heterocycles. The summed E-state index contributed by atoms with van der Waals surface area (Å²) in [4.78, 5) is 23.5. The van der Waals surface area contributed by atoms with E-state index in [0.717, 1.165) is 21.3 Å². The molecule has 0 saturated heterocycles. The Balaban J connectivity index is 1.54. The largest absolute Gasteiger partial charge is 0.484 e. The van der Waals surface area contributed by atoms with E-state index < -0.39 is 0 Å². The first-order chi connectivity index (χ1) is 12.0. The normalized spacial score (nSPS) is 14.2. The summed E-state index contributed by atoms with van der Waals surface area (Å²) >= 11 is 3.40. The van der Waals surface area contributed by atoms with Crippen LogP contribution in [-0.2, 0) is 16.0 Å². The highest BCUT2D eigenvalue weighted by Gasteiger charge is 2.15. The number of ether oxygens (including phenoxy) is 1. The maximum absolute atomic E-state index is 12.1. The zero-order chi connectivity index (χ0) is 17.8. The van der Waals surface area contributed by atoms with Crippen molar-refractivity contribution in [3.63, 3.8) is 0 Å². The number of anilines is 1. The molecule has 1 unspecified atom stereocenters. The van der Waals surface area contributed by atoms with E-state index in [2.05, 4.69) is 26.6 Å². The van der Waals surface area contributed by atoms with Gasteiger partial charge in [-0.1, -0.05) is 28.1 Å². The number of hydrogen-bond acceptors (Lipinski definition) is 3. The van der Waals surface area contributed by atoms with E-state index in [1.807, 2.05) is 43.3 Å². The fraction of sp³-hybridized carbons (Fsp3) is 0.263. The number of nitrogens with one attached hydrogen (secondary N) is 2. The Labute approximate surface area is 154 Å². The first kappa shape index (κ1) is 17.5. The van der Waals surface area contributed by atoms with Gasteiger partial charge < -0.3 is 15.4 Å². The molecule has 25 heavy (non-hydrogen) atoms. The monoisotopic (exact) mass is 402 g/mol. The van der Waals surface area contributed by atoms with Gasteiger partial charge in [-0.3, -0.25) is 9.59 Å². The molecule has 0 spiro atoms. The van der Waals surface area contributed by atoms with E-state index in [1.165, 1.54) is 0 Å². The van der Waals surface area contributed by atoms with Crippen molar-refractivity contribution in [2.24, 2.45) is 0 Å². The van der Waals surface area contributed by atoms with E-state index in [9.17, 15) is 9.59 Å². The smallest absolute Gasteiger partial charge is 0.258 e. The molecule has 6 heteroatoms. The summed E-state index contributed by atoms with van der Waals surface area (Å²) < 4.78 is 6.59. The minimum absolute atomic E-state index is 0.0301. The fourth-order valence-corrected chi connectivity index (χ4v) is 2.98. The predicted octanol–water partition coefficient (Wildman–Crippen LogP) is 3.59. The molecule has 0 bridgehead atoms. The van der Waals surface area contributed by atoms with Crippen LogP contribution in [0.2, 0.25) is 0 Å². The molecule has 0 fully saturated rings. The molecule has 0 aliphatic carbocycles. The summed E-state index contributed by atoms with van der Waals surface area (Å²) in [7, 11) is 0. The Morgan fingerprint density at radius 3 is 2.76 bits per heavy atom. The van der Waals surface area contributed by atoms with Gasteiger partial charge in [0, 0.05) is 16.6 Å². The van der Waals surface area contributed by atoms with Crippen LogP contribution in [0, 0.1) is 0 Å².